The third kappa shape index (κ3) is 12.9. The molecule has 0 amide bonds. The largest absolute Gasteiger partial charge is 1.00 e. The molecule has 0 aromatic heterocycles. The summed E-state index contributed by atoms with van der Waals surface area (Å²) in [4.78, 5) is 0. The van der Waals surface area contributed by atoms with Crippen LogP contribution in [0.25, 0.3) is 0 Å². The molecule has 22 heavy (non-hydrogen) atoms. The quantitative estimate of drug-likeness (QED) is 0.248. The predicted octanol–water partition coefficient (Wildman–Crippen LogP) is 2.50. The summed E-state index contributed by atoms with van der Waals surface area (Å²) in [6.45, 7) is 10.7. The summed E-state index contributed by atoms with van der Waals surface area (Å²) in [5.74, 6) is 0. The standard InChI is InChI=1S/C19H42NO.BrH/c1-4-7-10-13-16-20(19-21,17-14-11-8-5-2)18-15-12-9-6-3;/h21H,4-19H2,1-3H3;1H/q+1;/p-1. The van der Waals surface area contributed by atoms with Gasteiger partial charge in [-0.2, -0.15) is 0 Å². The summed E-state index contributed by atoms with van der Waals surface area (Å²) < 4.78 is 0.969. The molecule has 0 unspecified atom stereocenters. The maximum Gasteiger partial charge on any atom is 0.180 e. The molecule has 136 valence electrons. The van der Waals surface area contributed by atoms with E-state index in [2.05, 4.69) is 20.8 Å². The first kappa shape index (κ1) is 24.6. The van der Waals surface area contributed by atoms with E-state index in [1.807, 2.05) is 0 Å². The van der Waals surface area contributed by atoms with Gasteiger partial charge in [-0.25, -0.2) is 0 Å². The Labute approximate surface area is 151 Å². The maximum atomic E-state index is 10.0. The Morgan fingerprint density at radius 1 is 0.545 bits per heavy atom. The third-order valence-corrected chi connectivity index (χ3v) is 4.76. The molecule has 0 aliphatic rings. The van der Waals surface area contributed by atoms with Gasteiger partial charge in [0.25, 0.3) is 0 Å². The minimum Gasteiger partial charge on any atom is -1.00 e. The van der Waals surface area contributed by atoms with Gasteiger partial charge in [-0.3, -0.25) is 0 Å². The Morgan fingerprint density at radius 2 is 0.864 bits per heavy atom. The van der Waals surface area contributed by atoms with Gasteiger partial charge in [-0.1, -0.05) is 59.3 Å². The molecule has 0 radical (unpaired) electrons. The van der Waals surface area contributed by atoms with Gasteiger partial charge in [0.05, 0.1) is 19.6 Å². The summed E-state index contributed by atoms with van der Waals surface area (Å²) in [6, 6.07) is 0. The summed E-state index contributed by atoms with van der Waals surface area (Å²) in [5.41, 5.74) is 0. The van der Waals surface area contributed by atoms with Crippen molar-refractivity contribution in [3.8, 4) is 0 Å². The monoisotopic (exact) mass is 379 g/mol. The summed E-state index contributed by atoms with van der Waals surface area (Å²) >= 11 is 0. The van der Waals surface area contributed by atoms with Crippen molar-refractivity contribution in [2.45, 2.75) is 97.8 Å². The first-order valence-corrected chi connectivity index (χ1v) is 9.70. The third-order valence-electron chi connectivity index (χ3n) is 4.76. The molecular formula is C19H42BrNO. The zero-order chi connectivity index (χ0) is 15.8. The first-order chi connectivity index (χ1) is 10.2. The number of halogens is 1. The number of hydrogen-bond donors (Lipinski definition) is 1. The number of rotatable bonds is 16. The van der Waals surface area contributed by atoms with Crippen LogP contribution in [-0.2, 0) is 0 Å². The Balaban J connectivity index is 0. The van der Waals surface area contributed by atoms with E-state index < -0.39 is 0 Å². The highest BCUT2D eigenvalue weighted by molar-refractivity contribution is 4.49. The molecule has 0 aromatic carbocycles. The lowest BCUT2D eigenvalue weighted by molar-refractivity contribution is -0.945. The van der Waals surface area contributed by atoms with Crippen LogP contribution in [0.15, 0.2) is 0 Å². The molecule has 0 aromatic rings. The van der Waals surface area contributed by atoms with E-state index in [-0.39, 0.29) is 17.0 Å². The van der Waals surface area contributed by atoms with E-state index in [1.165, 1.54) is 96.7 Å². The van der Waals surface area contributed by atoms with Crippen LogP contribution >= 0.6 is 0 Å². The van der Waals surface area contributed by atoms with Crippen LogP contribution < -0.4 is 17.0 Å². The fraction of sp³-hybridized carbons (Fsp3) is 1.00. The first-order valence-electron chi connectivity index (χ1n) is 9.70. The van der Waals surface area contributed by atoms with Gasteiger partial charge in [0.15, 0.2) is 6.73 Å². The molecule has 0 spiro atoms. The van der Waals surface area contributed by atoms with Crippen molar-refractivity contribution < 1.29 is 26.6 Å². The number of nitrogens with zero attached hydrogens (tertiary/aromatic N) is 1. The molecule has 0 rings (SSSR count). The second-order valence-electron chi connectivity index (χ2n) is 6.84. The molecular weight excluding hydrogens is 338 g/mol. The number of aliphatic hydroxyl groups excluding tert-OH is 1. The van der Waals surface area contributed by atoms with Gasteiger partial charge in [-0.05, 0) is 38.5 Å². The summed E-state index contributed by atoms with van der Waals surface area (Å²) in [6.07, 6.45) is 15.8. The van der Waals surface area contributed by atoms with Gasteiger partial charge < -0.3 is 26.6 Å². The van der Waals surface area contributed by atoms with Gasteiger partial charge >= 0.3 is 0 Å². The molecule has 0 saturated heterocycles. The number of hydrogen-bond acceptors (Lipinski definition) is 1. The van der Waals surface area contributed by atoms with Crippen LogP contribution in [-0.4, -0.2) is 36.0 Å². The highest BCUT2D eigenvalue weighted by atomic mass is 79.9. The summed E-state index contributed by atoms with van der Waals surface area (Å²) in [5, 5.41) is 10.0. The fourth-order valence-corrected chi connectivity index (χ4v) is 3.17. The lowest BCUT2D eigenvalue weighted by Gasteiger charge is -2.37. The Bertz CT molecular complexity index is 180. The van der Waals surface area contributed by atoms with Crippen LogP contribution in [0.2, 0.25) is 0 Å². The van der Waals surface area contributed by atoms with Crippen LogP contribution in [0.3, 0.4) is 0 Å². The zero-order valence-electron chi connectivity index (χ0n) is 15.6. The number of quaternary nitrogens is 1. The van der Waals surface area contributed by atoms with Crippen molar-refractivity contribution in [3.05, 3.63) is 0 Å². The molecule has 2 nitrogen and oxygen atoms in total. The van der Waals surface area contributed by atoms with Crippen LogP contribution in [0.5, 0.6) is 0 Å². The Kier molecular flexibility index (Phi) is 19.9. The highest BCUT2D eigenvalue weighted by Gasteiger charge is 2.24. The van der Waals surface area contributed by atoms with E-state index in [4.69, 9.17) is 0 Å². The van der Waals surface area contributed by atoms with Crippen LogP contribution in [0.1, 0.15) is 97.8 Å². The smallest absolute Gasteiger partial charge is 0.180 e. The Hall–Kier alpha value is 0.400. The molecule has 0 aliphatic heterocycles. The summed E-state index contributed by atoms with van der Waals surface area (Å²) in [7, 11) is 0. The average Bonchev–Trinajstić information content (AvgIpc) is 2.51. The van der Waals surface area contributed by atoms with Crippen molar-refractivity contribution in [1.82, 2.24) is 0 Å². The zero-order valence-corrected chi connectivity index (χ0v) is 17.2. The minimum absolute atomic E-state index is 0. The van der Waals surface area contributed by atoms with E-state index >= 15 is 0 Å². The van der Waals surface area contributed by atoms with E-state index in [0.29, 0.717) is 6.73 Å². The minimum atomic E-state index is 0. The second-order valence-corrected chi connectivity index (χ2v) is 6.84. The van der Waals surface area contributed by atoms with Gasteiger partial charge in [0.2, 0.25) is 0 Å². The molecule has 0 fully saturated rings. The normalized spacial score (nSPS) is 11.5. The molecule has 0 heterocycles. The van der Waals surface area contributed by atoms with Gasteiger partial charge in [0.1, 0.15) is 0 Å². The topological polar surface area (TPSA) is 20.2 Å². The molecule has 1 N–H and O–H groups in total. The number of unbranched alkanes of at least 4 members (excludes halogenated alkanes) is 9. The molecule has 0 saturated carbocycles. The average molecular weight is 380 g/mol. The number of aliphatic hydroxyl groups is 1. The van der Waals surface area contributed by atoms with E-state index in [0.717, 1.165) is 4.48 Å². The molecule has 0 atom stereocenters. The fourth-order valence-electron chi connectivity index (χ4n) is 3.17. The highest BCUT2D eigenvalue weighted by Crippen LogP contribution is 2.16. The lowest BCUT2D eigenvalue weighted by atomic mass is 10.1. The van der Waals surface area contributed by atoms with Crippen molar-refractivity contribution in [2.75, 3.05) is 26.4 Å². The maximum absolute atomic E-state index is 10.0. The SMILES string of the molecule is CCCCCC[N+](CO)(CCCCCC)CCCCCC.[Br-]. The van der Waals surface area contributed by atoms with Crippen LogP contribution in [0.4, 0.5) is 0 Å². The second kappa shape index (κ2) is 17.7. The van der Waals surface area contributed by atoms with Crippen molar-refractivity contribution in [1.29, 1.82) is 0 Å². The van der Waals surface area contributed by atoms with Crippen molar-refractivity contribution in [2.24, 2.45) is 0 Å². The molecule has 0 bridgehead atoms. The predicted molar refractivity (Wildman–Crippen MR) is 94.4 cm³/mol. The lowest BCUT2D eigenvalue weighted by Crippen LogP contribution is -3.00. The van der Waals surface area contributed by atoms with Crippen molar-refractivity contribution >= 4 is 0 Å². The molecule has 3 heteroatoms. The Morgan fingerprint density at radius 3 is 1.09 bits per heavy atom. The molecule has 0 aliphatic carbocycles. The van der Waals surface area contributed by atoms with E-state index in [1.54, 1.807) is 0 Å². The van der Waals surface area contributed by atoms with Gasteiger partial charge in [-0.15, -0.1) is 0 Å². The van der Waals surface area contributed by atoms with E-state index in [9.17, 15) is 5.11 Å². The van der Waals surface area contributed by atoms with Crippen LogP contribution in [0, 0.1) is 0 Å². The van der Waals surface area contributed by atoms with Crippen molar-refractivity contribution in [3.63, 3.8) is 0 Å². The van der Waals surface area contributed by atoms with Gasteiger partial charge in [0, 0.05) is 0 Å².